The van der Waals surface area contributed by atoms with Gasteiger partial charge >= 0.3 is 0 Å². The van der Waals surface area contributed by atoms with Crippen molar-refractivity contribution in [3.05, 3.63) is 17.5 Å². The van der Waals surface area contributed by atoms with E-state index in [2.05, 4.69) is 20.3 Å². The number of carbonyl (C=O) groups is 1. The number of halogens is 1. The zero-order valence-corrected chi connectivity index (χ0v) is 20.6. The molecule has 1 atom stereocenters. The van der Waals surface area contributed by atoms with Crippen molar-refractivity contribution < 1.29 is 13.2 Å². The van der Waals surface area contributed by atoms with Crippen LogP contribution in [-0.4, -0.2) is 64.5 Å². The highest BCUT2D eigenvalue weighted by Crippen LogP contribution is 2.27. The summed E-state index contributed by atoms with van der Waals surface area (Å²) in [6.45, 7) is 2.16. The third-order valence-corrected chi connectivity index (χ3v) is 8.10. The molecule has 3 rings (SSSR count). The Kier molecular flexibility index (Phi) is 9.63. The molecule has 0 spiro atoms. The Morgan fingerprint density at radius 3 is 2.69 bits per heavy atom. The minimum Gasteiger partial charge on any atom is -0.355 e. The first-order chi connectivity index (χ1) is 13.5. The molecule has 2 fully saturated rings. The minimum absolute atomic E-state index is 0. The fraction of sp³-hybridized carbons (Fsp3) is 0.667. The molecule has 2 aliphatic rings. The molecular formula is C18H30IN5O3S2. The number of sulfonamides is 1. The molecule has 0 bridgehead atoms. The summed E-state index contributed by atoms with van der Waals surface area (Å²) in [7, 11) is -1.76. The Bertz CT molecular complexity index is 779. The second-order valence-electron chi connectivity index (χ2n) is 7.22. The lowest BCUT2D eigenvalue weighted by molar-refractivity contribution is -0.134. The van der Waals surface area contributed by atoms with E-state index in [0.717, 1.165) is 25.8 Å². The number of hydrogen-bond acceptors (Lipinski definition) is 5. The highest BCUT2D eigenvalue weighted by molar-refractivity contribution is 14.0. The summed E-state index contributed by atoms with van der Waals surface area (Å²) in [6, 6.07) is 3.46. The summed E-state index contributed by atoms with van der Waals surface area (Å²) in [5.74, 6) is 1.13. The van der Waals surface area contributed by atoms with E-state index in [9.17, 15) is 13.2 Å². The van der Waals surface area contributed by atoms with Gasteiger partial charge in [0, 0.05) is 45.2 Å². The number of aliphatic imine (C=N–C) groups is 1. The number of likely N-dealkylation sites (tertiary alicyclic amines) is 1. The molecule has 2 heterocycles. The second-order valence-corrected chi connectivity index (χ2v) is 10.2. The third kappa shape index (κ3) is 6.79. The van der Waals surface area contributed by atoms with Crippen molar-refractivity contribution in [3.63, 3.8) is 0 Å². The molecule has 1 aliphatic carbocycles. The lowest BCUT2D eigenvalue weighted by Gasteiger charge is -2.21. The van der Waals surface area contributed by atoms with Crippen molar-refractivity contribution in [1.29, 1.82) is 0 Å². The lowest BCUT2D eigenvalue weighted by atomic mass is 10.1. The van der Waals surface area contributed by atoms with E-state index in [1.54, 1.807) is 24.6 Å². The van der Waals surface area contributed by atoms with Gasteiger partial charge in [-0.2, -0.15) is 0 Å². The van der Waals surface area contributed by atoms with Gasteiger partial charge in [-0.25, -0.2) is 13.1 Å². The Hall–Kier alpha value is -0.920. The number of rotatable bonds is 7. The van der Waals surface area contributed by atoms with Crippen LogP contribution in [0.1, 0.15) is 32.1 Å². The fourth-order valence-electron chi connectivity index (χ4n) is 3.75. The number of guanidine groups is 1. The maximum absolute atomic E-state index is 12.5. The first-order valence-corrected chi connectivity index (χ1v) is 12.1. The smallest absolute Gasteiger partial charge is 0.250 e. The first-order valence-electron chi connectivity index (χ1n) is 9.79. The van der Waals surface area contributed by atoms with Crippen LogP contribution in [-0.2, 0) is 14.8 Å². The number of nitrogens with zero attached hydrogens (tertiary/aromatic N) is 2. The van der Waals surface area contributed by atoms with Gasteiger partial charge < -0.3 is 15.5 Å². The van der Waals surface area contributed by atoms with E-state index in [1.165, 1.54) is 24.2 Å². The van der Waals surface area contributed by atoms with E-state index in [-0.39, 0.29) is 42.5 Å². The van der Waals surface area contributed by atoms with Crippen LogP contribution < -0.4 is 15.4 Å². The molecule has 1 aromatic rings. The maximum atomic E-state index is 12.5. The average Bonchev–Trinajstić information content (AvgIpc) is 3.45. The number of carbonyl (C=O) groups excluding carboxylic acids is 1. The summed E-state index contributed by atoms with van der Waals surface area (Å²) < 4.78 is 27.1. The Morgan fingerprint density at radius 2 is 2.03 bits per heavy atom. The third-order valence-electron chi connectivity index (χ3n) is 5.24. The van der Waals surface area contributed by atoms with Crippen molar-refractivity contribution in [1.82, 2.24) is 20.3 Å². The standard InChI is InChI=1S/C18H29N5O3S2.HI/c1-19-18(20-9-10-21-28(25,26)16-7-4-12-27-16)22-15-8-11-23(13-15)17(24)14-5-2-3-6-14;/h4,7,12,14-15,21H,2-3,5-6,8-11,13H2,1H3,(H2,19,20,22);1H. The van der Waals surface area contributed by atoms with E-state index in [1.807, 2.05) is 4.90 Å². The van der Waals surface area contributed by atoms with Crippen LogP contribution in [0.25, 0.3) is 0 Å². The monoisotopic (exact) mass is 555 g/mol. The van der Waals surface area contributed by atoms with Crippen molar-refractivity contribution in [2.75, 3.05) is 33.2 Å². The molecule has 1 aromatic heterocycles. The maximum Gasteiger partial charge on any atom is 0.250 e. The summed E-state index contributed by atoms with van der Waals surface area (Å²) in [5.41, 5.74) is 0. The normalized spacial score (nSPS) is 20.5. The summed E-state index contributed by atoms with van der Waals surface area (Å²) in [5, 5.41) is 8.20. The highest BCUT2D eigenvalue weighted by atomic mass is 127. The van der Waals surface area contributed by atoms with Gasteiger partial charge in [-0.05, 0) is 30.7 Å². The van der Waals surface area contributed by atoms with Gasteiger partial charge in [-0.3, -0.25) is 9.79 Å². The van der Waals surface area contributed by atoms with Crippen molar-refractivity contribution >= 4 is 57.2 Å². The predicted octanol–water partition coefficient (Wildman–Crippen LogP) is 1.60. The SMILES string of the molecule is CN=C(NCCNS(=O)(=O)c1cccs1)NC1CCN(C(=O)C2CCCC2)C1.I. The van der Waals surface area contributed by atoms with Gasteiger partial charge in [0.15, 0.2) is 5.96 Å². The quantitative estimate of drug-likeness (QED) is 0.205. The van der Waals surface area contributed by atoms with Gasteiger partial charge in [0.25, 0.3) is 0 Å². The van der Waals surface area contributed by atoms with Crippen LogP contribution in [0.2, 0.25) is 0 Å². The van der Waals surface area contributed by atoms with Crippen LogP contribution in [0.3, 0.4) is 0 Å². The summed E-state index contributed by atoms with van der Waals surface area (Å²) >= 11 is 1.19. The molecule has 1 saturated carbocycles. The molecule has 29 heavy (non-hydrogen) atoms. The molecule has 0 aromatic carbocycles. The van der Waals surface area contributed by atoms with Gasteiger partial charge in [0.1, 0.15) is 4.21 Å². The fourth-order valence-corrected chi connectivity index (χ4v) is 5.82. The summed E-state index contributed by atoms with van der Waals surface area (Å²) in [6.07, 6.45) is 5.28. The van der Waals surface area contributed by atoms with Crippen molar-refractivity contribution in [2.45, 2.75) is 42.4 Å². The average molecular weight is 556 g/mol. The van der Waals surface area contributed by atoms with Crippen LogP contribution in [0.15, 0.2) is 26.7 Å². The topological polar surface area (TPSA) is 103 Å². The Labute approximate surface area is 194 Å². The minimum atomic E-state index is -3.44. The number of thiophene rings is 1. The van der Waals surface area contributed by atoms with Crippen molar-refractivity contribution in [2.24, 2.45) is 10.9 Å². The van der Waals surface area contributed by atoms with Gasteiger partial charge in [-0.15, -0.1) is 35.3 Å². The largest absolute Gasteiger partial charge is 0.355 e. The summed E-state index contributed by atoms with van der Waals surface area (Å²) in [4.78, 5) is 18.7. The van der Waals surface area contributed by atoms with E-state index < -0.39 is 10.0 Å². The Morgan fingerprint density at radius 1 is 1.28 bits per heavy atom. The molecule has 1 saturated heterocycles. The Balaban J connectivity index is 0.00000300. The highest BCUT2D eigenvalue weighted by Gasteiger charge is 2.32. The van der Waals surface area contributed by atoms with Crippen molar-refractivity contribution in [3.8, 4) is 0 Å². The van der Waals surface area contributed by atoms with Crippen LogP contribution in [0, 0.1) is 5.92 Å². The molecule has 1 amide bonds. The molecule has 8 nitrogen and oxygen atoms in total. The molecule has 0 radical (unpaired) electrons. The zero-order chi connectivity index (χ0) is 20.0. The van der Waals surface area contributed by atoms with Crippen LogP contribution in [0.5, 0.6) is 0 Å². The van der Waals surface area contributed by atoms with Crippen LogP contribution in [0.4, 0.5) is 0 Å². The van der Waals surface area contributed by atoms with Gasteiger partial charge in [-0.1, -0.05) is 18.9 Å². The van der Waals surface area contributed by atoms with E-state index in [4.69, 9.17) is 0 Å². The number of nitrogens with one attached hydrogen (secondary N) is 3. The molecule has 1 aliphatic heterocycles. The molecule has 11 heteroatoms. The van der Waals surface area contributed by atoms with E-state index >= 15 is 0 Å². The molecule has 164 valence electrons. The first kappa shape index (κ1) is 24.4. The van der Waals surface area contributed by atoms with E-state index in [0.29, 0.717) is 29.2 Å². The molecular weight excluding hydrogens is 525 g/mol. The number of hydrogen-bond donors (Lipinski definition) is 3. The second kappa shape index (κ2) is 11.5. The van der Waals surface area contributed by atoms with Gasteiger partial charge in [0.2, 0.25) is 15.9 Å². The lowest BCUT2D eigenvalue weighted by Crippen LogP contribution is -2.47. The number of amides is 1. The van der Waals surface area contributed by atoms with Gasteiger partial charge in [0.05, 0.1) is 0 Å². The predicted molar refractivity (Wildman–Crippen MR) is 126 cm³/mol. The molecule has 3 N–H and O–H groups in total. The van der Waals surface area contributed by atoms with Crippen LogP contribution >= 0.6 is 35.3 Å². The zero-order valence-electron chi connectivity index (χ0n) is 16.6. The molecule has 1 unspecified atom stereocenters.